The first kappa shape index (κ1) is 47.8. The summed E-state index contributed by atoms with van der Waals surface area (Å²) >= 11 is 1.91. The Morgan fingerprint density at radius 1 is 0.449 bits per heavy atom. The number of thiophene rings is 1. The van der Waals surface area contributed by atoms with Crippen LogP contribution in [0.1, 0.15) is 123 Å². The van der Waals surface area contributed by atoms with Gasteiger partial charge in [0.2, 0.25) is 0 Å². The van der Waals surface area contributed by atoms with Gasteiger partial charge in [-0.1, -0.05) is 190 Å². The molecule has 15 rings (SSSR count). The third kappa shape index (κ3) is 6.58. The SMILES string of the molecule is CC(C)(C)c1ccc2c(c1)N(c1ccc3c(c1)-c1ccccc1C3(C)C)c1cc(N3c4ccc(-c5ccccc5)cc4C4(C)CCCCC34C)cc3c1B2c1ccc(C(C)(C)C)cc1N3c1cccc2sc3ccccc3c12. The molecule has 1 aromatic heterocycles. The van der Waals surface area contributed by atoms with Crippen LogP contribution in [-0.2, 0) is 21.7 Å². The zero-order valence-electron chi connectivity index (χ0n) is 47.0. The van der Waals surface area contributed by atoms with Crippen molar-refractivity contribution in [2.75, 3.05) is 14.7 Å². The van der Waals surface area contributed by atoms with Crippen molar-refractivity contribution in [3.05, 3.63) is 210 Å². The van der Waals surface area contributed by atoms with Crippen molar-refractivity contribution in [2.45, 2.75) is 122 Å². The summed E-state index contributed by atoms with van der Waals surface area (Å²) in [6.45, 7) is 24.2. The molecule has 78 heavy (non-hydrogen) atoms. The highest BCUT2D eigenvalue weighted by atomic mass is 32.1. The molecule has 2 unspecified atom stereocenters. The largest absolute Gasteiger partial charge is 0.334 e. The fourth-order valence-electron chi connectivity index (χ4n) is 15.3. The van der Waals surface area contributed by atoms with Gasteiger partial charge in [0.15, 0.2) is 0 Å². The average molecular weight is 1030 g/mol. The summed E-state index contributed by atoms with van der Waals surface area (Å²) in [5.74, 6) is 0. The van der Waals surface area contributed by atoms with Crippen LogP contribution in [-0.4, -0.2) is 12.3 Å². The van der Waals surface area contributed by atoms with Crippen LogP contribution in [0.5, 0.6) is 0 Å². The predicted octanol–water partition coefficient (Wildman–Crippen LogP) is 18.4. The van der Waals surface area contributed by atoms with Crippen LogP contribution in [0.2, 0.25) is 0 Å². The summed E-state index contributed by atoms with van der Waals surface area (Å²) in [7, 11) is 0. The Morgan fingerprint density at radius 2 is 1.09 bits per heavy atom. The lowest BCUT2D eigenvalue weighted by Crippen LogP contribution is -2.61. The van der Waals surface area contributed by atoms with Crippen molar-refractivity contribution in [1.82, 2.24) is 0 Å². The Morgan fingerprint density at radius 3 is 1.83 bits per heavy atom. The second-order valence-electron chi connectivity index (χ2n) is 26.4. The molecule has 0 bridgehead atoms. The lowest BCUT2D eigenvalue weighted by Gasteiger charge is -2.51. The lowest BCUT2D eigenvalue weighted by molar-refractivity contribution is 0.195. The van der Waals surface area contributed by atoms with E-state index in [0.717, 1.165) is 12.8 Å². The average Bonchev–Trinajstić information content (AvgIpc) is 4.17. The molecule has 2 aliphatic carbocycles. The number of benzene rings is 9. The van der Waals surface area contributed by atoms with Crippen LogP contribution in [0.15, 0.2) is 182 Å². The van der Waals surface area contributed by atoms with Crippen LogP contribution in [0.4, 0.5) is 45.5 Å². The van der Waals surface area contributed by atoms with E-state index in [1.165, 1.54) is 145 Å². The van der Waals surface area contributed by atoms with Gasteiger partial charge in [0.05, 0.1) is 11.2 Å². The molecule has 1 saturated carbocycles. The van der Waals surface area contributed by atoms with Crippen molar-refractivity contribution < 1.29 is 0 Å². The van der Waals surface area contributed by atoms with E-state index in [9.17, 15) is 0 Å². The number of nitrogens with zero attached hydrogens (tertiary/aromatic N) is 3. The van der Waals surface area contributed by atoms with Crippen molar-refractivity contribution in [2.24, 2.45) is 0 Å². The van der Waals surface area contributed by atoms with Crippen molar-refractivity contribution in [3.63, 3.8) is 0 Å². The summed E-state index contributed by atoms with van der Waals surface area (Å²) in [6.07, 6.45) is 4.68. The second kappa shape index (κ2) is 16.4. The molecule has 5 heteroatoms. The highest BCUT2D eigenvalue weighted by Crippen LogP contribution is 2.63. The summed E-state index contributed by atoms with van der Waals surface area (Å²) in [5, 5.41) is 2.63. The van der Waals surface area contributed by atoms with Gasteiger partial charge in [0.25, 0.3) is 6.71 Å². The minimum atomic E-state index is -0.191. The lowest BCUT2D eigenvalue weighted by atomic mass is 9.33. The maximum absolute atomic E-state index is 2.84. The Kier molecular flexibility index (Phi) is 10.0. The minimum absolute atomic E-state index is 0.0214. The van der Waals surface area contributed by atoms with Gasteiger partial charge in [0, 0.05) is 70.8 Å². The Hall–Kier alpha value is -7.34. The molecule has 5 aliphatic rings. The summed E-state index contributed by atoms with van der Waals surface area (Å²) in [5.41, 5.74) is 25.8. The van der Waals surface area contributed by atoms with Gasteiger partial charge in [-0.25, -0.2) is 0 Å². The normalized spacial score (nSPS) is 19.6. The number of hydrogen-bond acceptors (Lipinski definition) is 4. The fraction of sp³-hybridized carbons (Fsp3) is 0.260. The van der Waals surface area contributed by atoms with E-state index in [1.54, 1.807) is 0 Å². The highest BCUT2D eigenvalue weighted by Gasteiger charge is 2.58. The third-order valence-corrected chi connectivity index (χ3v) is 20.8. The molecular formula is C73H68BN3S. The Balaban J connectivity index is 1.08. The van der Waals surface area contributed by atoms with E-state index in [0.29, 0.717) is 0 Å². The van der Waals surface area contributed by atoms with E-state index in [4.69, 9.17) is 0 Å². The van der Waals surface area contributed by atoms with Crippen LogP contribution in [0.25, 0.3) is 42.4 Å². The van der Waals surface area contributed by atoms with Gasteiger partial charge in [-0.05, 0) is 164 Å². The van der Waals surface area contributed by atoms with E-state index in [2.05, 4.69) is 266 Å². The van der Waals surface area contributed by atoms with E-state index < -0.39 is 0 Å². The molecule has 1 fully saturated rings. The second-order valence-corrected chi connectivity index (χ2v) is 27.5. The number of hydrogen-bond donors (Lipinski definition) is 0. The number of rotatable bonds is 4. The first-order valence-electron chi connectivity index (χ1n) is 28.7. The minimum Gasteiger partial charge on any atom is -0.334 e. The molecule has 0 N–H and O–H groups in total. The molecule has 4 heterocycles. The summed E-state index contributed by atoms with van der Waals surface area (Å²) < 4.78 is 2.63. The number of anilines is 8. The van der Waals surface area contributed by atoms with E-state index in [1.807, 2.05) is 11.3 Å². The first-order valence-corrected chi connectivity index (χ1v) is 29.5. The molecule has 0 saturated heterocycles. The Bertz CT molecular complexity index is 4170. The van der Waals surface area contributed by atoms with Gasteiger partial charge < -0.3 is 14.7 Å². The van der Waals surface area contributed by atoms with Crippen LogP contribution < -0.4 is 31.1 Å². The van der Waals surface area contributed by atoms with Gasteiger partial charge in [0.1, 0.15) is 0 Å². The maximum atomic E-state index is 2.84. The van der Waals surface area contributed by atoms with Crippen molar-refractivity contribution >= 4 is 100 Å². The van der Waals surface area contributed by atoms with Crippen LogP contribution in [0.3, 0.4) is 0 Å². The zero-order valence-corrected chi connectivity index (χ0v) is 47.8. The fourth-order valence-corrected chi connectivity index (χ4v) is 16.4. The molecule has 0 spiro atoms. The smallest absolute Gasteiger partial charge is 0.252 e. The molecule has 3 nitrogen and oxygen atoms in total. The quantitative estimate of drug-likeness (QED) is 0.163. The molecule has 384 valence electrons. The first-order chi connectivity index (χ1) is 37.4. The summed E-state index contributed by atoms with van der Waals surface area (Å²) in [6, 6.07) is 71.4. The third-order valence-electron chi connectivity index (χ3n) is 19.7. The molecular weight excluding hydrogens is 962 g/mol. The van der Waals surface area contributed by atoms with E-state index >= 15 is 0 Å². The topological polar surface area (TPSA) is 9.72 Å². The Labute approximate surface area is 466 Å². The molecule has 0 radical (unpaired) electrons. The van der Waals surface area contributed by atoms with Crippen LogP contribution in [0, 0.1) is 0 Å². The van der Waals surface area contributed by atoms with Crippen LogP contribution >= 0.6 is 11.3 Å². The molecule has 3 aliphatic heterocycles. The molecule has 2 atom stereocenters. The van der Waals surface area contributed by atoms with Gasteiger partial charge >= 0.3 is 0 Å². The molecule has 0 amide bonds. The van der Waals surface area contributed by atoms with Gasteiger partial charge in [-0.15, -0.1) is 11.3 Å². The van der Waals surface area contributed by atoms with Crippen molar-refractivity contribution in [1.29, 1.82) is 0 Å². The van der Waals surface area contributed by atoms with Gasteiger partial charge in [-0.3, -0.25) is 0 Å². The van der Waals surface area contributed by atoms with E-state index in [-0.39, 0.29) is 33.9 Å². The maximum Gasteiger partial charge on any atom is 0.252 e. The number of fused-ring (bicyclic) bond motifs is 13. The zero-order chi connectivity index (χ0) is 53.4. The predicted molar refractivity (Wildman–Crippen MR) is 337 cm³/mol. The molecule has 10 aromatic rings. The standard InChI is InChI=1S/C73H68BN3S/c1-69(2,3)47-30-34-57-61(40-47)75(49-32-33-55-53(42-49)51-23-14-16-25-54(51)71(55,7)8)63-43-50(77-59-36-29-46(45-21-12-11-13-22-45)39-56(59)72(9)37-18-19-38-73(72,77)10)44-64-68(63)74(57)58-35-31-48(70(4,5)6)41-62(58)76(64)60-26-20-28-66-67(60)52-24-15-17-27-65(52)78-66/h11-17,20-36,39-44H,18-19,37-38H2,1-10H3. The highest BCUT2D eigenvalue weighted by molar-refractivity contribution is 7.26. The molecule has 9 aromatic carbocycles. The van der Waals surface area contributed by atoms with Gasteiger partial charge in [-0.2, -0.15) is 0 Å². The summed E-state index contributed by atoms with van der Waals surface area (Å²) in [4.78, 5) is 8.25. The van der Waals surface area contributed by atoms with Crippen molar-refractivity contribution in [3.8, 4) is 22.3 Å². The monoisotopic (exact) mass is 1030 g/mol.